The van der Waals surface area contributed by atoms with Crippen molar-refractivity contribution < 1.29 is 8.78 Å². The van der Waals surface area contributed by atoms with Crippen molar-refractivity contribution in [3.63, 3.8) is 0 Å². The number of piperidine rings is 1. The van der Waals surface area contributed by atoms with E-state index >= 15 is 0 Å². The smallest absolute Gasteiger partial charge is 0.265 e. The number of nitrogens with two attached hydrogens (primary N) is 1. The predicted octanol–water partition coefficient (Wildman–Crippen LogP) is 1.13. The number of nitrogens with zero attached hydrogens (tertiary/aromatic N) is 1. The van der Waals surface area contributed by atoms with Gasteiger partial charge in [0, 0.05) is 19.5 Å². The summed E-state index contributed by atoms with van der Waals surface area (Å²) in [5, 5.41) is 0. The van der Waals surface area contributed by atoms with Gasteiger partial charge in [0.1, 0.15) is 0 Å². The van der Waals surface area contributed by atoms with Crippen LogP contribution in [0.25, 0.3) is 0 Å². The first-order valence-corrected chi connectivity index (χ1v) is 3.34. The van der Waals surface area contributed by atoms with Crippen LogP contribution in [-0.4, -0.2) is 37.0 Å². The predicted molar refractivity (Wildman–Crippen MR) is 49.5 cm³/mol. The Hall–Kier alpha value is 0.360. The minimum atomic E-state index is -2.65. The van der Waals surface area contributed by atoms with Gasteiger partial charge in [0.2, 0.25) is 0 Å². The summed E-state index contributed by atoms with van der Waals surface area (Å²) in [6.07, 6.45) is -0.106. The van der Waals surface area contributed by atoms with Gasteiger partial charge in [0.25, 0.3) is 5.92 Å². The fourth-order valence-electron chi connectivity index (χ4n) is 1.09. The summed E-state index contributed by atoms with van der Waals surface area (Å²) in [6, 6.07) is -0.980. The van der Waals surface area contributed by atoms with E-state index in [1.54, 1.807) is 7.05 Å². The molecular formula is C6H14Cl2F2N2. The number of likely N-dealkylation sites (N-methyl/N-ethyl adjacent to an activating group) is 1. The van der Waals surface area contributed by atoms with Crippen LogP contribution in [0.4, 0.5) is 8.78 Å². The molecule has 0 aromatic carbocycles. The van der Waals surface area contributed by atoms with Gasteiger partial charge in [-0.1, -0.05) is 0 Å². The molecule has 1 rings (SSSR count). The molecular weight excluding hydrogens is 209 g/mol. The lowest BCUT2D eigenvalue weighted by molar-refractivity contribution is -0.0679. The number of hydrogen-bond acceptors (Lipinski definition) is 2. The van der Waals surface area contributed by atoms with E-state index in [4.69, 9.17) is 5.73 Å². The van der Waals surface area contributed by atoms with Crippen molar-refractivity contribution in [2.75, 3.05) is 20.1 Å². The van der Waals surface area contributed by atoms with Crippen LogP contribution in [0.2, 0.25) is 0 Å². The fourth-order valence-corrected chi connectivity index (χ4v) is 1.09. The van der Waals surface area contributed by atoms with Crippen LogP contribution in [0, 0.1) is 0 Å². The Balaban J connectivity index is 0. The maximum absolute atomic E-state index is 12.6. The van der Waals surface area contributed by atoms with Crippen molar-refractivity contribution in [3.8, 4) is 0 Å². The first-order valence-electron chi connectivity index (χ1n) is 3.34. The molecule has 6 heteroatoms. The van der Waals surface area contributed by atoms with E-state index < -0.39 is 12.0 Å². The van der Waals surface area contributed by atoms with Crippen LogP contribution in [0.1, 0.15) is 6.42 Å². The van der Waals surface area contributed by atoms with E-state index in [0.717, 1.165) is 0 Å². The number of alkyl halides is 2. The lowest BCUT2D eigenvalue weighted by Gasteiger charge is -2.33. The molecule has 0 aromatic rings. The van der Waals surface area contributed by atoms with Crippen molar-refractivity contribution in [1.82, 2.24) is 4.90 Å². The number of hydrogen-bond donors (Lipinski definition) is 1. The van der Waals surface area contributed by atoms with Crippen molar-refractivity contribution in [2.24, 2.45) is 5.73 Å². The van der Waals surface area contributed by atoms with Gasteiger partial charge in [-0.3, -0.25) is 0 Å². The summed E-state index contributed by atoms with van der Waals surface area (Å²) in [7, 11) is 1.80. The SMILES string of the molecule is CN1CCC(F)(F)[C@H](N)C1.Cl.Cl. The van der Waals surface area contributed by atoms with Crippen LogP contribution in [0.15, 0.2) is 0 Å². The molecule has 2 nitrogen and oxygen atoms in total. The van der Waals surface area contributed by atoms with Crippen LogP contribution < -0.4 is 5.73 Å². The molecule has 1 aliphatic rings. The monoisotopic (exact) mass is 222 g/mol. The zero-order valence-corrected chi connectivity index (χ0v) is 8.43. The molecule has 1 fully saturated rings. The Morgan fingerprint density at radius 3 is 2.25 bits per heavy atom. The van der Waals surface area contributed by atoms with E-state index in [9.17, 15) is 8.78 Å². The minimum Gasteiger partial charge on any atom is -0.322 e. The molecule has 76 valence electrons. The molecule has 1 saturated heterocycles. The van der Waals surface area contributed by atoms with Gasteiger partial charge >= 0.3 is 0 Å². The van der Waals surface area contributed by atoms with Crippen LogP contribution in [0.3, 0.4) is 0 Å². The number of rotatable bonds is 0. The third-order valence-electron chi connectivity index (χ3n) is 1.88. The maximum Gasteiger partial charge on any atom is 0.265 e. The zero-order chi connectivity index (χ0) is 7.78. The number of halogens is 4. The molecule has 12 heavy (non-hydrogen) atoms. The average molecular weight is 223 g/mol. The second-order valence-corrected chi connectivity index (χ2v) is 2.88. The van der Waals surface area contributed by atoms with Crippen molar-refractivity contribution >= 4 is 24.8 Å². The lowest BCUT2D eigenvalue weighted by atomic mass is 10.0. The minimum absolute atomic E-state index is 0. The Kier molecular flexibility index (Phi) is 6.40. The van der Waals surface area contributed by atoms with E-state index in [2.05, 4.69) is 0 Å². The first kappa shape index (κ1) is 14.9. The lowest BCUT2D eigenvalue weighted by Crippen LogP contribution is -2.54. The van der Waals surface area contributed by atoms with Gasteiger partial charge < -0.3 is 10.6 Å². The molecule has 2 N–H and O–H groups in total. The quantitative estimate of drug-likeness (QED) is 0.666. The van der Waals surface area contributed by atoms with Gasteiger partial charge in [0.05, 0.1) is 6.04 Å². The van der Waals surface area contributed by atoms with Crippen LogP contribution >= 0.6 is 24.8 Å². The summed E-state index contributed by atoms with van der Waals surface area (Å²) in [4.78, 5) is 1.82. The van der Waals surface area contributed by atoms with Crippen molar-refractivity contribution in [3.05, 3.63) is 0 Å². The molecule has 0 bridgehead atoms. The third-order valence-corrected chi connectivity index (χ3v) is 1.88. The van der Waals surface area contributed by atoms with Gasteiger partial charge in [-0.05, 0) is 7.05 Å². The van der Waals surface area contributed by atoms with Crippen LogP contribution in [0.5, 0.6) is 0 Å². The highest BCUT2D eigenvalue weighted by molar-refractivity contribution is 5.85. The topological polar surface area (TPSA) is 29.3 Å². The molecule has 1 aliphatic heterocycles. The molecule has 0 spiro atoms. The average Bonchev–Trinajstić information content (AvgIpc) is 1.81. The molecule has 0 amide bonds. The van der Waals surface area contributed by atoms with Gasteiger partial charge in [0.15, 0.2) is 0 Å². The highest BCUT2D eigenvalue weighted by atomic mass is 35.5. The Bertz CT molecular complexity index is 135. The summed E-state index contributed by atoms with van der Waals surface area (Å²) < 4.78 is 25.2. The normalized spacial score (nSPS) is 28.5. The summed E-state index contributed by atoms with van der Waals surface area (Å²) in [5.74, 6) is -2.65. The highest BCUT2D eigenvalue weighted by Crippen LogP contribution is 2.25. The van der Waals surface area contributed by atoms with E-state index in [1.807, 2.05) is 4.90 Å². The van der Waals surface area contributed by atoms with Gasteiger partial charge in [-0.2, -0.15) is 0 Å². The molecule has 0 aromatic heterocycles. The Morgan fingerprint density at radius 1 is 1.42 bits per heavy atom. The highest BCUT2D eigenvalue weighted by Gasteiger charge is 2.40. The van der Waals surface area contributed by atoms with Crippen molar-refractivity contribution in [1.29, 1.82) is 0 Å². The molecule has 1 atom stereocenters. The van der Waals surface area contributed by atoms with E-state index in [0.29, 0.717) is 13.1 Å². The third kappa shape index (κ3) is 3.39. The zero-order valence-electron chi connectivity index (χ0n) is 6.80. The standard InChI is InChI=1S/C6H12F2N2.2ClH/c1-10-3-2-6(7,8)5(9)4-10;;/h5H,2-4,9H2,1H3;2*1H/t5-;;/m1../s1. The largest absolute Gasteiger partial charge is 0.322 e. The van der Waals surface area contributed by atoms with Gasteiger partial charge in [-0.25, -0.2) is 8.78 Å². The maximum atomic E-state index is 12.6. The summed E-state index contributed by atoms with van der Waals surface area (Å²) >= 11 is 0. The van der Waals surface area contributed by atoms with E-state index in [-0.39, 0.29) is 31.2 Å². The second kappa shape index (κ2) is 5.17. The number of likely N-dealkylation sites (tertiary alicyclic amines) is 1. The summed E-state index contributed by atoms with van der Waals surface area (Å²) in [6.45, 7) is 0.744. The molecule has 0 aliphatic carbocycles. The summed E-state index contributed by atoms with van der Waals surface area (Å²) in [5.41, 5.74) is 5.21. The first-order chi connectivity index (χ1) is 4.52. The molecule has 0 radical (unpaired) electrons. The molecule has 0 unspecified atom stereocenters. The van der Waals surface area contributed by atoms with Gasteiger partial charge in [-0.15, -0.1) is 24.8 Å². The van der Waals surface area contributed by atoms with Crippen molar-refractivity contribution in [2.45, 2.75) is 18.4 Å². The second-order valence-electron chi connectivity index (χ2n) is 2.88. The Morgan fingerprint density at radius 2 is 1.92 bits per heavy atom. The molecule has 0 saturated carbocycles. The van der Waals surface area contributed by atoms with E-state index in [1.165, 1.54) is 0 Å². The fraction of sp³-hybridized carbons (Fsp3) is 1.00. The molecule has 1 heterocycles. The Labute approximate surface area is 83.3 Å². The van der Waals surface area contributed by atoms with Crippen LogP contribution in [-0.2, 0) is 0 Å².